The van der Waals surface area contributed by atoms with E-state index in [1.54, 1.807) is 12.1 Å². The largest absolute Gasteiger partial charge is 0.433 e. The molecule has 1 saturated heterocycles. The van der Waals surface area contributed by atoms with Gasteiger partial charge in [-0.25, -0.2) is 4.98 Å². The molecule has 1 N–H and O–H groups in total. The first-order valence-corrected chi connectivity index (χ1v) is 11.7. The quantitative estimate of drug-likeness (QED) is 0.333. The first-order valence-electron chi connectivity index (χ1n) is 11.7. The number of nitro groups is 1. The van der Waals surface area contributed by atoms with E-state index in [1.165, 1.54) is 24.6 Å². The van der Waals surface area contributed by atoms with Crippen LogP contribution in [0.25, 0.3) is 16.9 Å². The molecule has 6 rings (SSSR count). The predicted molar refractivity (Wildman–Crippen MR) is 131 cm³/mol. The minimum Gasteiger partial charge on any atom is -0.395 e. The molecule has 3 aromatic heterocycles. The van der Waals surface area contributed by atoms with Gasteiger partial charge in [-0.15, -0.1) is 0 Å². The second kappa shape index (κ2) is 8.55. The molecule has 35 heavy (non-hydrogen) atoms. The Morgan fingerprint density at radius 2 is 1.83 bits per heavy atom. The van der Waals surface area contributed by atoms with Gasteiger partial charge in [-0.05, 0) is 37.1 Å². The van der Waals surface area contributed by atoms with Gasteiger partial charge in [0.15, 0.2) is 5.76 Å². The highest BCUT2D eigenvalue weighted by atomic mass is 16.6. The molecule has 4 heterocycles. The Labute approximate surface area is 200 Å². The lowest BCUT2D eigenvalue weighted by molar-refractivity contribution is -0.402. The number of piperazine rings is 1. The average molecular weight is 473 g/mol. The Morgan fingerprint density at radius 1 is 1.06 bits per heavy atom. The summed E-state index contributed by atoms with van der Waals surface area (Å²) in [6.45, 7) is 4.32. The Balaban J connectivity index is 1.15. The van der Waals surface area contributed by atoms with Gasteiger partial charge in [0.1, 0.15) is 10.6 Å². The molecule has 0 spiro atoms. The number of carbonyl (C=O) groups is 1. The summed E-state index contributed by atoms with van der Waals surface area (Å²) in [6.07, 6.45) is 6.61. The van der Waals surface area contributed by atoms with Gasteiger partial charge in [0, 0.05) is 61.4 Å². The van der Waals surface area contributed by atoms with Gasteiger partial charge < -0.3 is 14.6 Å². The number of nitrogens with zero attached hydrogens (tertiary/aromatic N) is 5. The zero-order valence-corrected chi connectivity index (χ0v) is 19.0. The summed E-state index contributed by atoms with van der Waals surface area (Å²) in [5.41, 5.74) is 4.54. The maximum Gasteiger partial charge on any atom is 0.433 e. The third-order valence-electron chi connectivity index (χ3n) is 6.67. The molecule has 2 fully saturated rings. The second-order valence-electron chi connectivity index (χ2n) is 8.94. The van der Waals surface area contributed by atoms with Crippen molar-refractivity contribution in [1.82, 2.24) is 14.3 Å². The average Bonchev–Trinajstić information content (AvgIpc) is 3.44. The topological polar surface area (TPSA) is 109 Å². The van der Waals surface area contributed by atoms with Crippen LogP contribution in [0.15, 0.2) is 65.3 Å². The summed E-state index contributed by atoms with van der Waals surface area (Å²) in [5, 5.41) is 13.4. The van der Waals surface area contributed by atoms with Crippen LogP contribution in [0.2, 0.25) is 0 Å². The molecular formula is C25H24N6O4. The predicted octanol–water partition coefficient (Wildman–Crippen LogP) is 4.04. The number of hydrogen-bond acceptors (Lipinski definition) is 7. The molecule has 10 nitrogen and oxygen atoms in total. The van der Waals surface area contributed by atoms with Crippen LogP contribution in [0, 0.1) is 10.1 Å². The van der Waals surface area contributed by atoms with E-state index >= 15 is 0 Å². The van der Waals surface area contributed by atoms with E-state index in [0.29, 0.717) is 5.69 Å². The third kappa shape index (κ3) is 4.24. The Kier molecular flexibility index (Phi) is 5.22. The van der Waals surface area contributed by atoms with Crippen molar-refractivity contribution in [1.29, 1.82) is 0 Å². The van der Waals surface area contributed by atoms with Crippen molar-refractivity contribution in [2.45, 2.75) is 18.9 Å². The van der Waals surface area contributed by atoms with Gasteiger partial charge in [0.25, 0.3) is 5.91 Å². The number of aromatic nitrogens is 2. The number of nitrogens with one attached hydrogen (secondary N) is 1. The van der Waals surface area contributed by atoms with Crippen molar-refractivity contribution < 1.29 is 14.1 Å². The molecule has 178 valence electrons. The molecule has 10 heteroatoms. The van der Waals surface area contributed by atoms with Crippen molar-refractivity contribution in [3.63, 3.8) is 0 Å². The van der Waals surface area contributed by atoms with Crippen LogP contribution >= 0.6 is 0 Å². The zero-order valence-electron chi connectivity index (χ0n) is 19.0. The van der Waals surface area contributed by atoms with Crippen LogP contribution in [0.5, 0.6) is 0 Å². The maximum absolute atomic E-state index is 12.3. The van der Waals surface area contributed by atoms with Crippen LogP contribution in [-0.4, -0.2) is 57.3 Å². The van der Waals surface area contributed by atoms with Crippen molar-refractivity contribution in [2.24, 2.45) is 0 Å². The molecule has 0 radical (unpaired) electrons. The Bertz CT molecular complexity index is 1400. The molecule has 4 aromatic rings. The number of imidazole rings is 1. The zero-order chi connectivity index (χ0) is 23.9. The Morgan fingerprint density at radius 3 is 2.51 bits per heavy atom. The van der Waals surface area contributed by atoms with Crippen LogP contribution in [0.4, 0.5) is 17.3 Å². The number of fused-ring (bicyclic) bond motifs is 1. The number of amides is 1. The number of hydrogen-bond donors (Lipinski definition) is 1. The van der Waals surface area contributed by atoms with Crippen LogP contribution in [0.3, 0.4) is 0 Å². The lowest BCUT2D eigenvalue weighted by Gasteiger charge is -2.36. The summed E-state index contributed by atoms with van der Waals surface area (Å²) in [4.78, 5) is 32.0. The van der Waals surface area contributed by atoms with Crippen molar-refractivity contribution >= 4 is 28.8 Å². The van der Waals surface area contributed by atoms with E-state index < -0.39 is 16.7 Å². The fourth-order valence-electron chi connectivity index (χ4n) is 4.63. The minimum absolute atomic E-state index is 0.118. The minimum atomic E-state index is -0.681. The molecule has 1 amide bonds. The SMILES string of the molecule is O=C(Nc1ccc(-c2cnc3cc(N4CCN(C5CC5)CC4)ccn23)cc1)c1ccc([N+](=O)[O-])o1. The fraction of sp³-hybridized carbons (Fsp3) is 0.280. The number of rotatable bonds is 6. The first kappa shape index (κ1) is 21.4. The van der Waals surface area contributed by atoms with Crippen LogP contribution in [0.1, 0.15) is 23.4 Å². The van der Waals surface area contributed by atoms with Gasteiger partial charge in [0.2, 0.25) is 0 Å². The van der Waals surface area contributed by atoms with E-state index in [-0.39, 0.29) is 5.76 Å². The molecule has 1 aliphatic heterocycles. The van der Waals surface area contributed by atoms with Crippen molar-refractivity contribution in [2.75, 3.05) is 36.4 Å². The van der Waals surface area contributed by atoms with Gasteiger partial charge in [-0.1, -0.05) is 12.1 Å². The summed E-state index contributed by atoms with van der Waals surface area (Å²) in [5.74, 6) is -1.14. The van der Waals surface area contributed by atoms with Gasteiger partial charge >= 0.3 is 5.88 Å². The van der Waals surface area contributed by atoms with E-state index in [1.807, 2.05) is 18.3 Å². The standard InChI is InChI=1S/C25H24N6O4/c32-25(22-7-8-24(35-22)31(33)34)27-18-3-1-17(2-4-18)21-16-26-23-15-20(9-10-30(21)23)29-13-11-28(12-14-29)19-5-6-19/h1-4,7-10,15-16,19H,5-6,11-14H2,(H,27,32). The lowest BCUT2D eigenvalue weighted by Crippen LogP contribution is -2.47. The van der Waals surface area contributed by atoms with Gasteiger partial charge in [0.05, 0.1) is 18.0 Å². The molecule has 2 aliphatic rings. The lowest BCUT2D eigenvalue weighted by atomic mass is 10.1. The number of pyridine rings is 1. The van der Waals surface area contributed by atoms with E-state index in [4.69, 9.17) is 4.42 Å². The summed E-state index contributed by atoms with van der Waals surface area (Å²) >= 11 is 0. The summed E-state index contributed by atoms with van der Waals surface area (Å²) in [7, 11) is 0. The fourth-order valence-corrected chi connectivity index (χ4v) is 4.63. The maximum atomic E-state index is 12.3. The molecule has 0 atom stereocenters. The van der Waals surface area contributed by atoms with E-state index in [0.717, 1.165) is 55.2 Å². The van der Waals surface area contributed by atoms with E-state index in [9.17, 15) is 14.9 Å². The molecule has 1 aliphatic carbocycles. The molecule has 1 saturated carbocycles. The first-order chi connectivity index (χ1) is 17.0. The Hall–Kier alpha value is -4.18. The molecular weight excluding hydrogens is 448 g/mol. The normalized spacial score (nSPS) is 16.5. The number of furan rings is 1. The molecule has 0 bridgehead atoms. The highest BCUT2D eigenvalue weighted by Crippen LogP contribution is 2.29. The highest BCUT2D eigenvalue weighted by molar-refractivity contribution is 6.02. The van der Waals surface area contributed by atoms with Crippen molar-refractivity contribution in [3.05, 3.63) is 76.8 Å². The number of carbonyl (C=O) groups excluding carboxylic acids is 1. The summed E-state index contributed by atoms with van der Waals surface area (Å²) < 4.78 is 7.01. The molecule has 1 aromatic carbocycles. The van der Waals surface area contributed by atoms with Crippen molar-refractivity contribution in [3.8, 4) is 11.3 Å². The summed E-state index contributed by atoms with van der Waals surface area (Å²) in [6, 6.07) is 14.9. The smallest absolute Gasteiger partial charge is 0.395 e. The van der Waals surface area contributed by atoms with Gasteiger partial charge in [-0.2, -0.15) is 0 Å². The van der Waals surface area contributed by atoms with Crippen LogP contribution < -0.4 is 10.2 Å². The monoisotopic (exact) mass is 472 g/mol. The van der Waals surface area contributed by atoms with Gasteiger partial charge in [-0.3, -0.25) is 24.2 Å². The third-order valence-corrected chi connectivity index (χ3v) is 6.67. The number of benzene rings is 1. The number of anilines is 2. The molecule has 0 unspecified atom stereocenters. The second-order valence-corrected chi connectivity index (χ2v) is 8.94. The van der Waals surface area contributed by atoms with Crippen LogP contribution in [-0.2, 0) is 0 Å². The van der Waals surface area contributed by atoms with E-state index in [2.05, 4.69) is 42.8 Å². The highest BCUT2D eigenvalue weighted by Gasteiger charge is 2.31.